The van der Waals surface area contributed by atoms with Gasteiger partial charge >= 0.3 is 5.97 Å². The third kappa shape index (κ3) is 3.47. The van der Waals surface area contributed by atoms with E-state index in [4.69, 9.17) is 14.2 Å². The van der Waals surface area contributed by atoms with Crippen molar-refractivity contribution < 1.29 is 24.1 Å². The molecule has 1 heterocycles. The van der Waals surface area contributed by atoms with Gasteiger partial charge in [-0.05, 0) is 18.1 Å². The molecule has 1 aliphatic rings. The van der Waals surface area contributed by atoms with E-state index in [1.807, 2.05) is 13.0 Å². The average molecular weight is 294 g/mol. The Labute approximate surface area is 124 Å². The van der Waals surface area contributed by atoms with Crippen LogP contribution in [-0.2, 0) is 11.2 Å². The number of aliphatic hydroxyl groups is 1. The SMILES string of the molecule is CCC[C@H](O)C[C@@H]1Cc2cc(OC)cc(OC)c2C(=O)O1. The van der Waals surface area contributed by atoms with Crippen molar-refractivity contribution in [1.82, 2.24) is 0 Å². The van der Waals surface area contributed by atoms with Crippen molar-refractivity contribution in [3.63, 3.8) is 0 Å². The highest BCUT2D eigenvalue weighted by Crippen LogP contribution is 2.34. The van der Waals surface area contributed by atoms with Crippen LogP contribution in [-0.4, -0.2) is 37.5 Å². The molecule has 1 aliphatic heterocycles. The number of rotatable bonds is 6. The summed E-state index contributed by atoms with van der Waals surface area (Å²) in [6.45, 7) is 2.02. The highest BCUT2D eigenvalue weighted by atomic mass is 16.5. The van der Waals surface area contributed by atoms with E-state index in [1.165, 1.54) is 7.11 Å². The number of carbonyl (C=O) groups is 1. The van der Waals surface area contributed by atoms with Crippen LogP contribution in [0.2, 0.25) is 0 Å². The minimum Gasteiger partial charge on any atom is -0.497 e. The van der Waals surface area contributed by atoms with Crippen molar-refractivity contribution in [3.05, 3.63) is 23.3 Å². The largest absolute Gasteiger partial charge is 0.497 e. The lowest BCUT2D eigenvalue weighted by Crippen LogP contribution is -2.31. The molecule has 0 amide bonds. The Bertz CT molecular complexity index is 512. The summed E-state index contributed by atoms with van der Waals surface area (Å²) in [6, 6.07) is 3.50. The maximum absolute atomic E-state index is 12.2. The lowest BCUT2D eigenvalue weighted by Gasteiger charge is -2.27. The molecule has 2 rings (SSSR count). The number of esters is 1. The Balaban J connectivity index is 2.24. The minimum atomic E-state index is -0.443. The van der Waals surface area contributed by atoms with Crippen LogP contribution < -0.4 is 9.47 Å². The number of aliphatic hydroxyl groups excluding tert-OH is 1. The van der Waals surface area contributed by atoms with Gasteiger partial charge in [-0.2, -0.15) is 0 Å². The molecule has 1 aromatic carbocycles. The maximum atomic E-state index is 12.2. The molecule has 0 radical (unpaired) electrons. The van der Waals surface area contributed by atoms with Crippen LogP contribution in [0, 0.1) is 0 Å². The highest BCUT2D eigenvalue weighted by Gasteiger charge is 2.31. The fourth-order valence-corrected chi connectivity index (χ4v) is 2.70. The predicted octanol–water partition coefficient (Wildman–Crippen LogP) is 2.34. The summed E-state index contributed by atoms with van der Waals surface area (Å²) < 4.78 is 15.9. The Kier molecular flexibility index (Phi) is 5.07. The van der Waals surface area contributed by atoms with Crippen LogP contribution >= 0.6 is 0 Å². The van der Waals surface area contributed by atoms with Crippen LogP contribution in [0.25, 0.3) is 0 Å². The molecule has 5 heteroatoms. The van der Waals surface area contributed by atoms with Gasteiger partial charge in [-0.15, -0.1) is 0 Å². The lowest BCUT2D eigenvalue weighted by atomic mass is 9.94. The van der Waals surface area contributed by atoms with Gasteiger partial charge in [0.1, 0.15) is 23.2 Å². The zero-order valence-corrected chi connectivity index (χ0v) is 12.7. The number of hydrogen-bond donors (Lipinski definition) is 1. The van der Waals surface area contributed by atoms with E-state index in [2.05, 4.69) is 0 Å². The Hall–Kier alpha value is -1.75. The molecule has 0 spiro atoms. The van der Waals surface area contributed by atoms with Crippen molar-refractivity contribution in [2.45, 2.75) is 44.8 Å². The maximum Gasteiger partial charge on any atom is 0.342 e. The number of methoxy groups -OCH3 is 2. The first-order chi connectivity index (χ1) is 10.1. The Morgan fingerprint density at radius 1 is 1.38 bits per heavy atom. The third-order valence-electron chi connectivity index (χ3n) is 3.70. The van der Waals surface area contributed by atoms with Gasteiger partial charge in [0, 0.05) is 18.9 Å². The van der Waals surface area contributed by atoms with Gasteiger partial charge < -0.3 is 19.3 Å². The fraction of sp³-hybridized carbons (Fsp3) is 0.562. The van der Waals surface area contributed by atoms with Gasteiger partial charge in [0.25, 0.3) is 0 Å². The molecule has 0 saturated carbocycles. The second kappa shape index (κ2) is 6.80. The molecule has 116 valence electrons. The quantitative estimate of drug-likeness (QED) is 0.816. The van der Waals surface area contributed by atoms with Crippen molar-refractivity contribution in [3.8, 4) is 11.5 Å². The molecular weight excluding hydrogens is 272 g/mol. The number of carbonyl (C=O) groups excluding carboxylic acids is 1. The monoisotopic (exact) mass is 294 g/mol. The zero-order valence-electron chi connectivity index (χ0n) is 12.7. The number of benzene rings is 1. The Morgan fingerprint density at radius 2 is 2.14 bits per heavy atom. The van der Waals surface area contributed by atoms with E-state index < -0.39 is 12.1 Å². The second-order valence-corrected chi connectivity index (χ2v) is 5.27. The summed E-state index contributed by atoms with van der Waals surface area (Å²) in [7, 11) is 3.09. The smallest absolute Gasteiger partial charge is 0.342 e. The summed E-state index contributed by atoms with van der Waals surface area (Å²) >= 11 is 0. The summed E-state index contributed by atoms with van der Waals surface area (Å²) in [5.74, 6) is 0.708. The first-order valence-corrected chi connectivity index (χ1v) is 7.23. The van der Waals surface area contributed by atoms with Crippen LogP contribution in [0.5, 0.6) is 11.5 Å². The molecule has 2 atom stereocenters. The van der Waals surface area contributed by atoms with E-state index in [-0.39, 0.29) is 6.10 Å². The number of cyclic esters (lactones) is 1. The first kappa shape index (κ1) is 15.6. The Morgan fingerprint density at radius 3 is 2.76 bits per heavy atom. The van der Waals surface area contributed by atoms with Crippen LogP contribution in [0.15, 0.2) is 12.1 Å². The molecule has 0 aliphatic carbocycles. The van der Waals surface area contributed by atoms with Gasteiger partial charge in [-0.25, -0.2) is 4.79 Å². The van der Waals surface area contributed by atoms with Crippen molar-refractivity contribution in [1.29, 1.82) is 0 Å². The van der Waals surface area contributed by atoms with Gasteiger partial charge in [-0.3, -0.25) is 0 Å². The van der Waals surface area contributed by atoms with Gasteiger partial charge in [0.2, 0.25) is 0 Å². The van der Waals surface area contributed by atoms with Crippen molar-refractivity contribution in [2.24, 2.45) is 0 Å². The molecule has 0 fully saturated rings. The number of hydrogen-bond acceptors (Lipinski definition) is 5. The van der Waals surface area contributed by atoms with E-state index in [1.54, 1.807) is 13.2 Å². The number of ether oxygens (including phenoxy) is 3. The molecule has 1 N–H and O–H groups in total. The standard InChI is InChI=1S/C16H22O5/c1-4-5-11(17)8-13-7-10-6-12(19-2)9-14(20-3)15(10)16(18)21-13/h6,9,11,13,17H,4-5,7-8H2,1-3H3/t11-,13-/m0/s1. The summed E-state index contributed by atoms with van der Waals surface area (Å²) in [5.41, 5.74) is 1.30. The molecule has 1 aromatic rings. The zero-order chi connectivity index (χ0) is 15.4. The highest BCUT2D eigenvalue weighted by molar-refractivity contribution is 5.95. The van der Waals surface area contributed by atoms with Gasteiger partial charge in [0.05, 0.1) is 20.3 Å². The molecule has 0 saturated heterocycles. The van der Waals surface area contributed by atoms with Crippen LogP contribution in [0.1, 0.15) is 42.1 Å². The molecule has 0 aromatic heterocycles. The van der Waals surface area contributed by atoms with Gasteiger partial charge in [0.15, 0.2) is 0 Å². The lowest BCUT2D eigenvalue weighted by molar-refractivity contribution is 0.00877. The first-order valence-electron chi connectivity index (χ1n) is 7.23. The van der Waals surface area contributed by atoms with Crippen LogP contribution in [0.4, 0.5) is 0 Å². The third-order valence-corrected chi connectivity index (χ3v) is 3.70. The second-order valence-electron chi connectivity index (χ2n) is 5.27. The van der Waals surface area contributed by atoms with Crippen molar-refractivity contribution in [2.75, 3.05) is 14.2 Å². The van der Waals surface area contributed by atoms with E-state index in [0.717, 1.165) is 12.0 Å². The molecular formula is C16H22O5. The molecule has 0 bridgehead atoms. The van der Waals surface area contributed by atoms with E-state index in [9.17, 15) is 9.90 Å². The average Bonchev–Trinajstić information content (AvgIpc) is 2.45. The minimum absolute atomic E-state index is 0.302. The van der Waals surface area contributed by atoms with Crippen LogP contribution in [0.3, 0.4) is 0 Å². The summed E-state index contributed by atoms with van der Waals surface area (Å²) in [5, 5.41) is 9.90. The normalized spacial score (nSPS) is 18.7. The summed E-state index contributed by atoms with van der Waals surface area (Å²) in [4.78, 5) is 12.2. The molecule has 5 nitrogen and oxygen atoms in total. The fourth-order valence-electron chi connectivity index (χ4n) is 2.70. The number of fused-ring (bicyclic) bond motifs is 1. The van der Waals surface area contributed by atoms with E-state index in [0.29, 0.717) is 36.3 Å². The van der Waals surface area contributed by atoms with Gasteiger partial charge in [-0.1, -0.05) is 13.3 Å². The predicted molar refractivity (Wildman–Crippen MR) is 78.0 cm³/mol. The topological polar surface area (TPSA) is 65.0 Å². The van der Waals surface area contributed by atoms with E-state index >= 15 is 0 Å². The summed E-state index contributed by atoms with van der Waals surface area (Å²) in [6.07, 6.45) is 1.89. The molecule has 21 heavy (non-hydrogen) atoms. The van der Waals surface area contributed by atoms with Crippen molar-refractivity contribution >= 4 is 5.97 Å². The molecule has 0 unspecified atom stereocenters.